The Balaban J connectivity index is 2.35. The molecule has 1 aliphatic carbocycles. The first-order valence-electron chi connectivity index (χ1n) is 5.70. The fourth-order valence-corrected chi connectivity index (χ4v) is 2.00. The zero-order chi connectivity index (χ0) is 11.1. The van der Waals surface area contributed by atoms with E-state index in [-0.39, 0.29) is 10.8 Å². The van der Waals surface area contributed by atoms with E-state index in [0.29, 0.717) is 6.61 Å². The molecule has 2 rings (SSSR count). The highest BCUT2D eigenvalue weighted by atomic mass is 16.3. The highest BCUT2D eigenvalue weighted by Gasteiger charge is 2.43. The summed E-state index contributed by atoms with van der Waals surface area (Å²) < 4.78 is 0. The van der Waals surface area contributed by atoms with Crippen LogP contribution in [0.25, 0.3) is 0 Å². The average molecular weight is 204 g/mol. The van der Waals surface area contributed by atoms with Gasteiger partial charge in [-0.3, -0.25) is 0 Å². The van der Waals surface area contributed by atoms with Gasteiger partial charge in [-0.05, 0) is 29.4 Å². The molecule has 15 heavy (non-hydrogen) atoms. The summed E-state index contributed by atoms with van der Waals surface area (Å²) in [4.78, 5) is 0. The van der Waals surface area contributed by atoms with Gasteiger partial charge in [0.2, 0.25) is 0 Å². The fourth-order valence-electron chi connectivity index (χ4n) is 2.00. The summed E-state index contributed by atoms with van der Waals surface area (Å²) >= 11 is 0. The summed E-state index contributed by atoms with van der Waals surface area (Å²) in [6, 6.07) is 8.71. The Morgan fingerprint density at radius 3 is 2.40 bits per heavy atom. The van der Waals surface area contributed by atoms with Crippen LogP contribution in [0.4, 0.5) is 0 Å². The first-order valence-corrected chi connectivity index (χ1v) is 5.70. The van der Waals surface area contributed by atoms with E-state index in [1.54, 1.807) is 0 Å². The van der Waals surface area contributed by atoms with Crippen LogP contribution in [0, 0.1) is 0 Å². The molecule has 82 valence electrons. The summed E-state index contributed by atoms with van der Waals surface area (Å²) in [5, 5.41) is 9.40. The van der Waals surface area contributed by atoms with Gasteiger partial charge in [-0.25, -0.2) is 0 Å². The van der Waals surface area contributed by atoms with Crippen LogP contribution in [0.15, 0.2) is 24.3 Å². The molecule has 0 amide bonds. The van der Waals surface area contributed by atoms with Gasteiger partial charge < -0.3 is 5.11 Å². The standard InChI is InChI=1S/C14H20O/c1-13(2,3)11-5-4-6-12(9-11)14(10-15)7-8-14/h4-6,9,15H,7-8,10H2,1-3H3. The number of aliphatic hydroxyl groups excluding tert-OH is 1. The molecule has 0 atom stereocenters. The number of hydrogen-bond donors (Lipinski definition) is 1. The van der Waals surface area contributed by atoms with Crippen molar-refractivity contribution in [2.24, 2.45) is 0 Å². The van der Waals surface area contributed by atoms with Gasteiger partial charge in [0, 0.05) is 5.41 Å². The van der Waals surface area contributed by atoms with E-state index in [1.807, 2.05) is 0 Å². The molecule has 0 bridgehead atoms. The van der Waals surface area contributed by atoms with Gasteiger partial charge in [-0.1, -0.05) is 45.0 Å². The SMILES string of the molecule is CC(C)(C)c1cccc(C2(CO)CC2)c1. The van der Waals surface area contributed by atoms with Crippen LogP contribution in [0.5, 0.6) is 0 Å². The van der Waals surface area contributed by atoms with Gasteiger partial charge in [-0.2, -0.15) is 0 Å². The summed E-state index contributed by atoms with van der Waals surface area (Å²) in [5.74, 6) is 0. The molecule has 0 aliphatic heterocycles. The van der Waals surface area contributed by atoms with Crippen molar-refractivity contribution in [1.82, 2.24) is 0 Å². The van der Waals surface area contributed by atoms with E-state index in [2.05, 4.69) is 45.0 Å². The smallest absolute Gasteiger partial charge is 0.0527 e. The first-order chi connectivity index (χ1) is 6.98. The van der Waals surface area contributed by atoms with Gasteiger partial charge in [0.1, 0.15) is 0 Å². The molecule has 1 aromatic rings. The first kappa shape index (κ1) is 10.7. The maximum Gasteiger partial charge on any atom is 0.0527 e. The third-order valence-electron chi connectivity index (χ3n) is 3.50. The zero-order valence-electron chi connectivity index (χ0n) is 9.88. The number of rotatable bonds is 2. The molecule has 0 spiro atoms. The largest absolute Gasteiger partial charge is 0.395 e. The average Bonchev–Trinajstić information content (AvgIpc) is 2.97. The molecular formula is C14H20O. The van der Waals surface area contributed by atoms with Crippen LogP contribution in [-0.2, 0) is 10.8 Å². The lowest BCUT2D eigenvalue weighted by Crippen LogP contribution is -2.15. The molecule has 1 heteroatoms. The lowest BCUT2D eigenvalue weighted by Gasteiger charge is -2.21. The molecule has 0 unspecified atom stereocenters. The molecule has 0 heterocycles. The fraction of sp³-hybridized carbons (Fsp3) is 0.571. The Kier molecular flexibility index (Phi) is 2.38. The summed E-state index contributed by atoms with van der Waals surface area (Å²) in [7, 11) is 0. The van der Waals surface area contributed by atoms with E-state index in [4.69, 9.17) is 0 Å². The van der Waals surface area contributed by atoms with Crippen LogP contribution in [0.1, 0.15) is 44.7 Å². The molecule has 1 nitrogen and oxygen atoms in total. The molecule has 1 fully saturated rings. The van der Waals surface area contributed by atoms with Crippen molar-refractivity contribution in [3.63, 3.8) is 0 Å². The van der Waals surface area contributed by atoms with Crippen LogP contribution in [0.3, 0.4) is 0 Å². The third-order valence-corrected chi connectivity index (χ3v) is 3.50. The van der Waals surface area contributed by atoms with Crippen LogP contribution < -0.4 is 0 Å². The highest BCUT2D eigenvalue weighted by Crippen LogP contribution is 2.48. The normalized spacial score (nSPS) is 18.9. The molecule has 0 aromatic heterocycles. The second-order valence-corrected chi connectivity index (χ2v) is 5.77. The number of hydrogen-bond acceptors (Lipinski definition) is 1. The van der Waals surface area contributed by atoms with Crippen LogP contribution >= 0.6 is 0 Å². The van der Waals surface area contributed by atoms with Crippen molar-refractivity contribution in [3.8, 4) is 0 Å². The van der Waals surface area contributed by atoms with Crippen molar-refractivity contribution in [2.75, 3.05) is 6.61 Å². The second-order valence-electron chi connectivity index (χ2n) is 5.77. The Hall–Kier alpha value is -0.820. The van der Waals surface area contributed by atoms with Crippen LogP contribution in [0.2, 0.25) is 0 Å². The number of benzene rings is 1. The maximum absolute atomic E-state index is 9.40. The summed E-state index contributed by atoms with van der Waals surface area (Å²) in [6.45, 7) is 6.97. The predicted molar refractivity (Wildman–Crippen MR) is 63.1 cm³/mol. The summed E-state index contributed by atoms with van der Waals surface area (Å²) in [6.07, 6.45) is 2.27. The minimum atomic E-state index is 0.0985. The van der Waals surface area contributed by atoms with Crippen molar-refractivity contribution in [2.45, 2.75) is 44.4 Å². The third kappa shape index (κ3) is 1.93. The topological polar surface area (TPSA) is 20.2 Å². The van der Waals surface area contributed by atoms with Crippen molar-refractivity contribution in [3.05, 3.63) is 35.4 Å². The molecule has 0 saturated heterocycles. The van der Waals surface area contributed by atoms with Crippen molar-refractivity contribution in [1.29, 1.82) is 0 Å². The van der Waals surface area contributed by atoms with E-state index < -0.39 is 0 Å². The minimum absolute atomic E-state index is 0.0985. The highest BCUT2D eigenvalue weighted by molar-refractivity contribution is 5.37. The Labute approximate surface area is 92.1 Å². The number of aliphatic hydroxyl groups is 1. The lowest BCUT2D eigenvalue weighted by atomic mass is 9.84. The molecule has 1 aromatic carbocycles. The van der Waals surface area contributed by atoms with Crippen molar-refractivity contribution < 1.29 is 5.11 Å². The molecule has 0 radical (unpaired) electrons. The molecule has 1 aliphatic rings. The second kappa shape index (κ2) is 3.34. The van der Waals surface area contributed by atoms with E-state index in [9.17, 15) is 5.11 Å². The lowest BCUT2D eigenvalue weighted by molar-refractivity contribution is 0.255. The molecule has 1 saturated carbocycles. The summed E-state index contributed by atoms with van der Waals surface area (Å²) in [5.41, 5.74) is 2.97. The zero-order valence-corrected chi connectivity index (χ0v) is 9.88. The van der Waals surface area contributed by atoms with E-state index >= 15 is 0 Å². The predicted octanol–water partition coefficient (Wildman–Crippen LogP) is 3.01. The van der Waals surface area contributed by atoms with Gasteiger partial charge in [0.05, 0.1) is 6.61 Å². The van der Waals surface area contributed by atoms with Crippen molar-refractivity contribution >= 4 is 0 Å². The molecular weight excluding hydrogens is 184 g/mol. The Morgan fingerprint density at radius 1 is 1.27 bits per heavy atom. The van der Waals surface area contributed by atoms with Gasteiger partial charge in [0.25, 0.3) is 0 Å². The quantitative estimate of drug-likeness (QED) is 0.785. The van der Waals surface area contributed by atoms with E-state index in [0.717, 1.165) is 12.8 Å². The minimum Gasteiger partial charge on any atom is -0.395 e. The van der Waals surface area contributed by atoms with Gasteiger partial charge >= 0.3 is 0 Å². The Bertz CT molecular complexity index is 356. The Morgan fingerprint density at radius 2 is 1.93 bits per heavy atom. The molecule has 1 N–H and O–H groups in total. The van der Waals surface area contributed by atoms with Gasteiger partial charge in [-0.15, -0.1) is 0 Å². The van der Waals surface area contributed by atoms with Crippen LogP contribution in [-0.4, -0.2) is 11.7 Å². The van der Waals surface area contributed by atoms with Gasteiger partial charge in [0.15, 0.2) is 0 Å². The van der Waals surface area contributed by atoms with E-state index in [1.165, 1.54) is 11.1 Å². The monoisotopic (exact) mass is 204 g/mol. The maximum atomic E-state index is 9.40.